The van der Waals surface area contributed by atoms with E-state index in [-0.39, 0.29) is 10.8 Å². The number of nitrogens with one attached hydrogen (secondary N) is 1. The number of halogens is 1. The van der Waals surface area contributed by atoms with Crippen LogP contribution in [-0.2, 0) is 9.84 Å². The molecule has 26 heavy (non-hydrogen) atoms. The van der Waals surface area contributed by atoms with Crippen molar-refractivity contribution in [1.29, 1.82) is 0 Å². The highest BCUT2D eigenvalue weighted by Crippen LogP contribution is 2.30. The summed E-state index contributed by atoms with van der Waals surface area (Å²) in [6.07, 6.45) is 1.07. The Labute approximate surface area is 162 Å². The Bertz CT molecular complexity index is 875. The molecule has 0 unspecified atom stereocenters. The van der Waals surface area contributed by atoms with Crippen molar-refractivity contribution in [2.75, 3.05) is 12.4 Å². The van der Waals surface area contributed by atoms with Crippen molar-refractivity contribution < 1.29 is 17.9 Å². The maximum absolute atomic E-state index is 12.8. The van der Waals surface area contributed by atoms with Crippen LogP contribution >= 0.6 is 15.9 Å². The lowest BCUT2D eigenvalue weighted by Crippen LogP contribution is -2.20. The maximum atomic E-state index is 12.8. The van der Waals surface area contributed by atoms with Gasteiger partial charge in [0.2, 0.25) is 0 Å². The summed E-state index contributed by atoms with van der Waals surface area (Å²) in [6.45, 7) is 3.71. The van der Waals surface area contributed by atoms with E-state index >= 15 is 0 Å². The van der Waals surface area contributed by atoms with Gasteiger partial charge in [0.15, 0.2) is 9.84 Å². The zero-order valence-electron chi connectivity index (χ0n) is 15.0. The Morgan fingerprint density at radius 2 is 1.73 bits per heavy atom. The SMILES string of the molecule is CCC(CC)S(=O)(=O)c1ccc(OC)c(NC(=O)c2ccc(Br)cc2)c1. The molecule has 5 nitrogen and oxygen atoms in total. The van der Waals surface area contributed by atoms with Gasteiger partial charge in [-0.05, 0) is 55.3 Å². The van der Waals surface area contributed by atoms with Crippen LogP contribution in [0.5, 0.6) is 5.75 Å². The third-order valence-corrected chi connectivity index (χ3v) is 7.19. The molecule has 2 aromatic carbocycles. The Morgan fingerprint density at radius 1 is 1.12 bits per heavy atom. The Balaban J connectivity index is 2.38. The molecule has 0 spiro atoms. The molecule has 0 heterocycles. The van der Waals surface area contributed by atoms with Crippen LogP contribution in [0, 0.1) is 0 Å². The van der Waals surface area contributed by atoms with Crippen LogP contribution in [-0.4, -0.2) is 26.7 Å². The summed E-state index contributed by atoms with van der Waals surface area (Å²) >= 11 is 3.32. The molecule has 2 rings (SSSR count). The number of hydrogen-bond donors (Lipinski definition) is 1. The molecule has 0 aliphatic rings. The number of rotatable bonds is 7. The number of benzene rings is 2. The van der Waals surface area contributed by atoms with E-state index in [9.17, 15) is 13.2 Å². The minimum absolute atomic E-state index is 0.179. The second-order valence-corrected chi connectivity index (χ2v) is 8.95. The Morgan fingerprint density at radius 3 is 2.27 bits per heavy atom. The third-order valence-electron chi connectivity index (χ3n) is 4.20. The summed E-state index contributed by atoms with van der Waals surface area (Å²) < 4.78 is 31.7. The molecule has 0 aromatic heterocycles. The summed E-state index contributed by atoms with van der Waals surface area (Å²) in [5, 5.41) is 2.29. The smallest absolute Gasteiger partial charge is 0.255 e. The molecule has 1 amide bonds. The van der Waals surface area contributed by atoms with E-state index in [4.69, 9.17) is 4.74 Å². The van der Waals surface area contributed by atoms with Crippen molar-refractivity contribution >= 4 is 37.4 Å². The lowest BCUT2D eigenvalue weighted by Gasteiger charge is -2.16. The first-order chi connectivity index (χ1) is 12.3. The van der Waals surface area contributed by atoms with Crippen molar-refractivity contribution in [1.82, 2.24) is 0 Å². The second kappa shape index (κ2) is 8.68. The highest BCUT2D eigenvalue weighted by atomic mass is 79.9. The monoisotopic (exact) mass is 439 g/mol. The van der Waals surface area contributed by atoms with Gasteiger partial charge in [-0.3, -0.25) is 4.79 Å². The zero-order chi connectivity index (χ0) is 19.3. The number of sulfone groups is 1. The van der Waals surface area contributed by atoms with Crippen LogP contribution in [0.2, 0.25) is 0 Å². The molecular formula is C19H22BrNO4S. The molecule has 0 fully saturated rings. The van der Waals surface area contributed by atoms with Crippen LogP contribution in [0.3, 0.4) is 0 Å². The number of anilines is 1. The topological polar surface area (TPSA) is 72.5 Å². The van der Waals surface area contributed by atoms with Crippen molar-refractivity contribution in [2.45, 2.75) is 36.8 Å². The van der Waals surface area contributed by atoms with Gasteiger partial charge in [0.05, 0.1) is 22.9 Å². The maximum Gasteiger partial charge on any atom is 0.255 e. The van der Waals surface area contributed by atoms with Crippen molar-refractivity contribution in [3.63, 3.8) is 0 Å². The molecule has 0 saturated heterocycles. The molecular weight excluding hydrogens is 418 g/mol. The van der Waals surface area contributed by atoms with Crippen molar-refractivity contribution in [2.24, 2.45) is 0 Å². The minimum atomic E-state index is -3.47. The highest BCUT2D eigenvalue weighted by Gasteiger charge is 2.25. The van der Waals surface area contributed by atoms with Crippen molar-refractivity contribution in [3.05, 3.63) is 52.5 Å². The fourth-order valence-corrected chi connectivity index (χ4v) is 4.74. The summed E-state index contributed by atoms with van der Waals surface area (Å²) in [5.74, 6) is 0.0619. The van der Waals surface area contributed by atoms with E-state index in [0.717, 1.165) is 4.47 Å². The Kier molecular flexibility index (Phi) is 6.83. The molecule has 1 N–H and O–H groups in total. The van der Waals surface area contributed by atoms with E-state index in [1.807, 2.05) is 13.8 Å². The van der Waals surface area contributed by atoms with Gasteiger partial charge in [-0.1, -0.05) is 29.8 Å². The van der Waals surface area contributed by atoms with Crippen LogP contribution in [0.4, 0.5) is 5.69 Å². The molecule has 2 aromatic rings. The molecule has 0 bridgehead atoms. The molecule has 0 saturated carbocycles. The third kappa shape index (κ3) is 4.45. The second-order valence-electron chi connectivity index (χ2n) is 5.81. The number of amides is 1. The van der Waals surface area contributed by atoms with E-state index < -0.39 is 15.1 Å². The lowest BCUT2D eigenvalue weighted by molar-refractivity contribution is 0.102. The van der Waals surface area contributed by atoms with Gasteiger partial charge in [-0.25, -0.2) is 8.42 Å². The minimum Gasteiger partial charge on any atom is -0.495 e. The quantitative estimate of drug-likeness (QED) is 0.679. The predicted molar refractivity (Wildman–Crippen MR) is 107 cm³/mol. The molecule has 0 atom stereocenters. The normalized spacial score (nSPS) is 11.4. The fraction of sp³-hybridized carbons (Fsp3) is 0.316. The van der Waals surface area contributed by atoms with Gasteiger partial charge in [0.1, 0.15) is 5.75 Å². The number of hydrogen-bond acceptors (Lipinski definition) is 4. The highest BCUT2D eigenvalue weighted by molar-refractivity contribution is 9.10. The average molecular weight is 440 g/mol. The summed E-state index contributed by atoms with van der Waals surface area (Å²) in [7, 11) is -2.00. The van der Waals surface area contributed by atoms with Gasteiger partial charge >= 0.3 is 0 Å². The Hall–Kier alpha value is -1.86. The van der Waals surface area contributed by atoms with Gasteiger partial charge in [-0.15, -0.1) is 0 Å². The van der Waals surface area contributed by atoms with E-state index in [1.165, 1.54) is 19.2 Å². The summed E-state index contributed by atoms with van der Waals surface area (Å²) in [6, 6.07) is 11.4. The largest absolute Gasteiger partial charge is 0.495 e. The first-order valence-corrected chi connectivity index (χ1v) is 10.7. The van der Waals surface area contributed by atoms with Gasteiger partial charge in [-0.2, -0.15) is 0 Å². The number of carbonyl (C=O) groups excluding carboxylic acids is 1. The summed E-state index contributed by atoms with van der Waals surface area (Å²) in [5.41, 5.74) is 0.788. The molecule has 0 aliphatic heterocycles. The van der Waals surface area contributed by atoms with Crippen LogP contribution in [0.25, 0.3) is 0 Å². The zero-order valence-corrected chi connectivity index (χ0v) is 17.4. The predicted octanol–water partition coefficient (Wildman–Crippen LogP) is 4.67. The van der Waals surface area contributed by atoms with Crippen LogP contribution < -0.4 is 10.1 Å². The lowest BCUT2D eigenvalue weighted by atomic mass is 10.2. The molecule has 7 heteroatoms. The number of methoxy groups -OCH3 is 1. The fourth-order valence-electron chi connectivity index (χ4n) is 2.68. The van der Waals surface area contributed by atoms with Crippen LogP contribution in [0.15, 0.2) is 51.8 Å². The average Bonchev–Trinajstić information content (AvgIpc) is 2.63. The molecule has 140 valence electrons. The van der Waals surface area contributed by atoms with E-state index in [2.05, 4.69) is 21.2 Å². The first-order valence-electron chi connectivity index (χ1n) is 8.32. The van der Waals surface area contributed by atoms with E-state index in [1.54, 1.807) is 30.3 Å². The number of ether oxygens (including phenoxy) is 1. The van der Waals surface area contributed by atoms with Gasteiger partial charge < -0.3 is 10.1 Å². The first kappa shape index (κ1) is 20.5. The molecule has 0 aliphatic carbocycles. The summed E-state index contributed by atoms with van der Waals surface area (Å²) in [4.78, 5) is 12.6. The van der Waals surface area contributed by atoms with E-state index in [0.29, 0.717) is 29.8 Å². The number of carbonyl (C=O) groups is 1. The van der Waals surface area contributed by atoms with Crippen molar-refractivity contribution in [3.8, 4) is 5.75 Å². The standard InChI is InChI=1S/C19H22BrNO4S/c1-4-15(5-2)26(23,24)16-10-11-18(25-3)17(12-16)21-19(22)13-6-8-14(20)9-7-13/h6-12,15H,4-5H2,1-3H3,(H,21,22). The van der Waals surface area contributed by atoms with Gasteiger partial charge in [0, 0.05) is 10.0 Å². The van der Waals surface area contributed by atoms with Crippen LogP contribution in [0.1, 0.15) is 37.0 Å². The van der Waals surface area contributed by atoms with Gasteiger partial charge in [0.25, 0.3) is 5.91 Å². The molecule has 0 radical (unpaired) electrons.